The van der Waals surface area contributed by atoms with Gasteiger partial charge in [0.2, 0.25) is 0 Å². The molecule has 0 amide bonds. The summed E-state index contributed by atoms with van der Waals surface area (Å²) in [7, 11) is 0. The normalized spacial score (nSPS) is 11.1. The molecule has 4 heteroatoms. The topological polar surface area (TPSA) is 41.5 Å². The summed E-state index contributed by atoms with van der Waals surface area (Å²) in [5.74, 6) is 2.17. The Morgan fingerprint density at radius 3 is 2.71 bits per heavy atom. The average Bonchev–Trinajstić information content (AvgIpc) is 2.15. The summed E-state index contributed by atoms with van der Waals surface area (Å²) in [4.78, 5) is 0. The van der Waals surface area contributed by atoms with E-state index in [1.165, 1.54) is 0 Å². The van der Waals surface area contributed by atoms with E-state index in [0.717, 1.165) is 37.6 Å². The third-order valence-electron chi connectivity index (χ3n) is 1.60. The Labute approximate surface area is 91.6 Å². The van der Waals surface area contributed by atoms with Crippen molar-refractivity contribution in [3.8, 4) is 0 Å². The number of hydrogen-bond acceptors (Lipinski definition) is 4. The van der Waals surface area contributed by atoms with Crippen molar-refractivity contribution in [2.24, 2.45) is 0 Å². The Kier molecular flexibility index (Phi) is 11.5. The molecule has 0 aromatic carbocycles. The molecule has 14 heavy (non-hydrogen) atoms. The van der Waals surface area contributed by atoms with Gasteiger partial charge >= 0.3 is 0 Å². The Balaban J connectivity index is 2.85. The summed E-state index contributed by atoms with van der Waals surface area (Å²) >= 11 is 1.88. The molecule has 0 aliphatic rings. The number of hydrogen-bond donors (Lipinski definition) is 2. The molecular weight excluding hydrogens is 198 g/mol. The minimum absolute atomic E-state index is 0.308. The summed E-state index contributed by atoms with van der Waals surface area (Å²) in [6.45, 7) is 7.15. The zero-order valence-electron chi connectivity index (χ0n) is 9.29. The summed E-state index contributed by atoms with van der Waals surface area (Å²) < 4.78 is 5.38. The van der Waals surface area contributed by atoms with E-state index in [1.54, 1.807) is 0 Å². The fourth-order valence-corrected chi connectivity index (χ4v) is 1.73. The minimum Gasteiger partial charge on any atom is -0.396 e. The van der Waals surface area contributed by atoms with Gasteiger partial charge in [-0.1, -0.05) is 0 Å². The molecular formula is C10H23NO2S. The molecule has 0 fully saturated rings. The maximum atomic E-state index is 8.55. The van der Waals surface area contributed by atoms with Crippen LogP contribution in [-0.4, -0.2) is 49.0 Å². The summed E-state index contributed by atoms with van der Waals surface area (Å²) in [6, 6.07) is 0. The van der Waals surface area contributed by atoms with E-state index in [-0.39, 0.29) is 0 Å². The second-order valence-corrected chi connectivity index (χ2v) is 4.58. The number of nitrogens with one attached hydrogen (secondary N) is 1. The molecule has 3 nitrogen and oxygen atoms in total. The first-order valence-corrected chi connectivity index (χ1v) is 6.43. The molecule has 0 aromatic heterocycles. The van der Waals surface area contributed by atoms with Crippen LogP contribution in [0.5, 0.6) is 0 Å². The van der Waals surface area contributed by atoms with Gasteiger partial charge in [0.15, 0.2) is 0 Å². The molecule has 86 valence electrons. The van der Waals surface area contributed by atoms with Crippen LogP contribution in [0.3, 0.4) is 0 Å². The molecule has 0 bridgehead atoms. The van der Waals surface area contributed by atoms with E-state index in [0.29, 0.717) is 12.7 Å². The van der Waals surface area contributed by atoms with E-state index in [2.05, 4.69) is 5.32 Å². The van der Waals surface area contributed by atoms with Gasteiger partial charge in [0, 0.05) is 25.4 Å². The molecule has 0 rings (SSSR count). The van der Waals surface area contributed by atoms with Crippen LogP contribution < -0.4 is 5.32 Å². The number of aliphatic hydroxyl groups excluding tert-OH is 1. The van der Waals surface area contributed by atoms with Gasteiger partial charge in [0.25, 0.3) is 0 Å². The first-order valence-electron chi connectivity index (χ1n) is 5.28. The third kappa shape index (κ3) is 12.2. The molecule has 0 radical (unpaired) electrons. The highest BCUT2D eigenvalue weighted by molar-refractivity contribution is 7.99. The van der Waals surface area contributed by atoms with E-state index in [1.807, 2.05) is 25.6 Å². The van der Waals surface area contributed by atoms with Crippen LogP contribution in [0.25, 0.3) is 0 Å². The lowest BCUT2D eigenvalue weighted by atomic mass is 10.5. The predicted octanol–water partition coefficient (Wildman–Crippen LogP) is 1.12. The summed E-state index contributed by atoms with van der Waals surface area (Å²) in [5, 5.41) is 11.9. The van der Waals surface area contributed by atoms with Crippen molar-refractivity contribution in [1.82, 2.24) is 5.32 Å². The number of aliphatic hydroxyl groups is 1. The van der Waals surface area contributed by atoms with Crippen molar-refractivity contribution >= 4 is 11.8 Å². The second kappa shape index (κ2) is 11.3. The van der Waals surface area contributed by atoms with Crippen molar-refractivity contribution in [2.75, 3.05) is 37.8 Å². The van der Waals surface area contributed by atoms with Crippen molar-refractivity contribution < 1.29 is 9.84 Å². The summed E-state index contributed by atoms with van der Waals surface area (Å²) in [6.07, 6.45) is 1.23. The zero-order chi connectivity index (χ0) is 10.6. The first-order chi connectivity index (χ1) is 6.77. The molecule has 0 saturated carbocycles. The van der Waals surface area contributed by atoms with Gasteiger partial charge in [-0.05, 0) is 26.0 Å². The van der Waals surface area contributed by atoms with E-state index < -0.39 is 0 Å². The molecule has 0 unspecified atom stereocenters. The number of rotatable bonds is 10. The zero-order valence-corrected chi connectivity index (χ0v) is 10.1. The van der Waals surface area contributed by atoms with Gasteiger partial charge < -0.3 is 15.2 Å². The molecule has 0 aromatic rings. The smallest absolute Gasteiger partial charge is 0.0594 e. The Morgan fingerprint density at radius 2 is 2.07 bits per heavy atom. The Morgan fingerprint density at radius 1 is 1.29 bits per heavy atom. The van der Waals surface area contributed by atoms with Crippen LogP contribution in [-0.2, 0) is 4.74 Å². The molecule has 2 N–H and O–H groups in total. The van der Waals surface area contributed by atoms with Gasteiger partial charge in [-0.25, -0.2) is 0 Å². The predicted molar refractivity (Wildman–Crippen MR) is 63.0 cm³/mol. The molecule has 0 aliphatic carbocycles. The minimum atomic E-state index is 0.308. The van der Waals surface area contributed by atoms with Crippen molar-refractivity contribution in [1.29, 1.82) is 0 Å². The van der Waals surface area contributed by atoms with E-state index in [4.69, 9.17) is 9.84 Å². The van der Waals surface area contributed by atoms with Crippen LogP contribution in [0.2, 0.25) is 0 Å². The van der Waals surface area contributed by atoms with Gasteiger partial charge in [-0.15, -0.1) is 0 Å². The van der Waals surface area contributed by atoms with Crippen LogP contribution in [0.1, 0.15) is 20.3 Å². The number of ether oxygens (including phenoxy) is 1. The Hall–Kier alpha value is 0.230. The second-order valence-electron chi connectivity index (χ2n) is 3.36. The molecule has 0 aliphatic heterocycles. The molecule has 0 heterocycles. The van der Waals surface area contributed by atoms with Gasteiger partial charge in [0.05, 0.1) is 12.7 Å². The van der Waals surface area contributed by atoms with Gasteiger partial charge in [-0.2, -0.15) is 11.8 Å². The molecule has 0 saturated heterocycles. The van der Waals surface area contributed by atoms with Crippen molar-refractivity contribution in [3.05, 3.63) is 0 Å². The summed E-state index contributed by atoms with van der Waals surface area (Å²) in [5.41, 5.74) is 0. The standard InChI is InChI=1S/C10H23NO2S/c1-10(2)13-7-4-11-5-9-14-8-3-6-12/h10-12H,3-9H2,1-2H3. The highest BCUT2D eigenvalue weighted by atomic mass is 32.2. The van der Waals surface area contributed by atoms with Crippen LogP contribution in [0, 0.1) is 0 Å². The van der Waals surface area contributed by atoms with E-state index in [9.17, 15) is 0 Å². The van der Waals surface area contributed by atoms with Crippen LogP contribution >= 0.6 is 11.8 Å². The quantitative estimate of drug-likeness (QED) is 0.542. The van der Waals surface area contributed by atoms with Gasteiger partial charge in [0.1, 0.15) is 0 Å². The fraction of sp³-hybridized carbons (Fsp3) is 1.00. The molecule has 0 atom stereocenters. The fourth-order valence-electron chi connectivity index (χ4n) is 0.905. The van der Waals surface area contributed by atoms with Gasteiger partial charge in [-0.3, -0.25) is 0 Å². The highest BCUT2D eigenvalue weighted by Gasteiger charge is 1.92. The average molecular weight is 221 g/mol. The van der Waals surface area contributed by atoms with E-state index >= 15 is 0 Å². The van der Waals surface area contributed by atoms with Crippen LogP contribution in [0.15, 0.2) is 0 Å². The van der Waals surface area contributed by atoms with Crippen molar-refractivity contribution in [3.63, 3.8) is 0 Å². The maximum absolute atomic E-state index is 8.55. The monoisotopic (exact) mass is 221 g/mol. The van der Waals surface area contributed by atoms with Crippen LogP contribution in [0.4, 0.5) is 0 Å². The lowest BCUT2D eigenvalue weighted by Crippen LogP contribution is -2.23. The lowest BCUT2D eigenvalue weighted by Gasteiger charge is -2.08. The third-order valence-corrected chi connectivity index (χ3v) is 2.67. The Bertz CT molecular complexity index is 112. The SMILES string of the molecule is CC(C)OCCNCCSCCCO. The van der Waals surface area contributed by atoms with Crippen molar-refractivity contribution in [2.45, 2.75) is 26.4 Å². The largest absolute Gasteiger partial charge is 0.396 e. The molecule has 0 spiro atoms. The lowest BCUT2D eigenvalue weighted by molar-refractivity contribution is 0.0812. The maximum Gasteiger partial charge on any atom is 0.0594 e. The number of thioether (sulfide) groups is 1. The first kappa shape index (κ1) is 14.2. The highest BCUT2D eigenvalue weighted by Crippen LogP contribution is 1.99.